The number of benzene rings is 3. The molecule has 0 unspecified atom stereocenters. The van der Waals surface area contributed by atoms with Gasteiger partial charge in [0.2, 0.25) is 0 Å². The van der Waals surface area contributed by atoms with E-state index < -0.39 is 0 Å². The first-order valence-electron chi connectivity index (χ1n) is 15.7. The van der Waals surface area contributed by atoms with Crippen LogP contribution in [0.1, 0.15) is 12.8 Å². The molecule has 0 atom stereocenters. The van der Waals surface area contributed by atoms with E-state index in [0.29, 0.717) is 19.8 Å². The number of anilines is 1. The normalized spacial score (nSPS) is 14.8. The zero-order chi connectivity index (χ0) is 31.0. The highest BCUT2D eigenvalue weighted by Crippen LogP contribution is 2.34. The Balaban J connectivity index is 0.000000200. The predicted octanol–water partition coefficient (Wildman–Crippen LogP) is 4.42. The summed E-state index contributed by atoms with van der Waals surface area (Å²) in [4.78, 5) is 13.8. The van der Waals surface area contributed by atoms with E-state index >= 15 is 0 Å². The lowest BCUT2D eigenvalue weighted by Crippen LogP contribution is -2.46. The third-order valence-corrected chi connectivity index (χ3v) is 8.40. The molecule has 0 radical (unpaired) electrons. The molecule has 2 aromatic heterocycles. The highest BCUT2D eigenvalue weighted by atomic mass is 16.6. The van der Waals surface area contributed by atoms with Crippen molar-refractivity contribution in [1.29, 1.82) is 0 Å². The van der Waals surface area contributed by atoms with Crippen LogP contribution in [0.15, 0.2) is 67.3 Å². The maximum absolute atomic E-state index is 5.73. The molecule has 3 aromatic carbocycles. The van der Waals surface area contributed by atoms with E-state index in [1.54, 1.807) is 14.2 Å². The number of fused-ring (bicyclic) bond motifs is 3. The fourth-order valence-corrected chi connectivity index (χ4v) is 5.87. The fourth-order valence-electron chi connectivity index (χ4n) is 5.87. The number of imidazole rings is 2. The Kier molecular flexibility index (Phi) is 9.86. The molecule has 11 nitrogen and oxygen atoms in total. The minimum atomic E-state index is 0.628. The number of nitrogens with zero attached hydrogens (tertiary/aromatic N) is 6. The number of piperazine rings is 1. The Morgan fingerprint density at radius 1 is 0.689 bits per heavy atom. The maximum atomic E-state index is 5.73. The van der Waals surface area contributed by atoms with Crippen LogP contribution in [0.4, 0.5) is 5.69 Å². The van der Waals surface area contributed by atoms with Crippen LogP contribution < -0.4 is 29.6 Å². The molecular weight excluding hydrogens is 570 g/mol. The summed E-state index contributed by atoms with van der Waals surface area (Å²) in [5, 5.41) is 0. The van der Waals surface area contributed by atoms with Crippen molar-refractivity contribution in [3.05, 3.63) is 67.3 Å². The highest BCUT2D eigenvalue weighted by Gasteiger charge is 2.19. The van der Waals surface area contributed by atoms with Gasteiger partial charge in [-0.05, 0) is 62.3 Å². The van der Waals surface area contributed by atoms with Crippen LogP contribution >= 0.6 is 0 Å². The average molecular weight is 614 g/mol. The Morgan fingerprint density at radius 2 is 1.29 bits per heavy atom. The Bertz CT molecular complexity index is 1690. The summed E-state index contributed by atoms with van der Waals surface area (Å²) in [6, 6.07) is 18.2. The molecule has 2 N–H and O–H groups in total. The zero-order valence-electron chi connectivity index (χ0n) is 26.2. The quantitative estimate of drug-likeness (QED) is 0.245. The summed E-state index contributed by atoms with van der Waals surface area (Å²) in [5.41, 5.74) is 11.0. The van der Waals surface area contributed by atoms with Gasteiger partial charge in [-0.1, -0.05) is 0 Å². The zero-order valence-corrected chi connectivity index (χ0v) is 26.2. The van der Waals surface area contributed by atoms with Gasteiger partial charge in [0.25, 0.3) is 0 Å². The van der Waals surface area contributed by atoms with Gasteiger partial charge < -0.3 is 38.7 Å². The maximum Gasteiger partial charge on any atom is 0.163 e. The van der Waals surface area contributed by atoms with E-state index in [1.165, 1.54) is 5.69 Å². The van der Waals surface area contributed by atoms with Crippen LogP contribution in [0.25, 0.3) is 22.1 Å². The number of ether oxygens (including phenoxy) is 4. The first-order valence-corrected chi connectivity index (χ1v) is 15.7. The average Bonchev–Trinajstić information content (AvgIpc) is 3.70. The molecule has 45 heavy (non-hydrogen) atoms. The minimum Gasteiger partial charge on any atom is -0.497 e. The first-order chi connectivity index (χ1) is 22.1. The third kappa shape index (κ3) is 7.26. The van der Waals surface area contributed by atoms with Gasteiger partial charge in [-0.25, -0.2) is 9.97 Å². The van der Waals surface area contributed by atoms with Crippen LogP contribution in [-0.2, 0) is 13.1 Å². The lowest BCUT2D eigenvalue weighted by Gasteiger charge is -2.36. The third-order valence-electron chi connectivity index (χ3n) is 8.40. The van der Waals surface area contributed by atoms with Gasteiger partial charge in [-0.2, -0.15) is 0 Å². The summed E-state index contributed by atoms with van der Waals surface area (Å²) < 4.78 is 26.2. The minimum absolute atomic E-state index is 0.628. The van der Waals surface area contributed by atoms with Crippen LogP contribution in [-0.4, -0.2) is 90.7 Å². The summed E-state index contributed by atoms with van der Waals surface area (Å²) in [6.07, 6.45) is 5.85. The van der Waals surface area contributed by atoms with Gasteiger partial charge >= 0.3 is 0 Å². The molecule has 2 aliphatic rings. The molecular formula is C34H43N7O4. The SMILES string of the molecule is COc1ccc2ncn(CCCN)c2c1.COc1ccc2ncn(CCCN3CCN(c4ccc5c(c4)OCCO5)CC3)c2c1. The van der Waals surface area contributed by atoms with E-state index in [0.717, 1.165) is 104 Å². The molecule has 0 spiro atoms. The second kappa shape index (κ2) is 14.5. The molecule has 7 rings (SSSR count). The van der Waals surface area contributed by atoms with Gasteiger partial charge in [0.1, 0.15) is 24.7 Å². The molecule has 11 heteroatoms. The molecule has 238 valence electrons. The molecule has 0 aliphatic carbocycles. The summed E-state index contributed by atoms with van der Waals surface area (Å²) in [5.74, 6) is 3.45. The fraction of sp³-hybridized carbons (Fsp3) is 0.412. The van der Waals surface area contributed by atoms with Crippen molar-refractivity contribution in [2.24, 2.45) is 5.73 Å². The number of hydrogen-bond acceptors (Lipinski definition) is 9. The predicted molar refractivity (Wildman–Crippen MR) is 177 cm³/mol. The van der Waals surface area contributed by atoms with Gasteiger partial charge in [-0.3, -0.25) is 4.90 Å². The number of aromatic nitrogens is 4. The van der Waals surface area contributed by atoms with Gasteiger partial charge in [0.15, 0.2) is 11.5 Å². The van der Waals surface area contributed by atoms with E-state index in [-0.39, 0.29) is 0 Å². The monoisotopic (exact) mass is 613 g/mol. The summed E-state index contributed by atoms with van der Waals surface area (Å²) in [6.45, 7) is 9.14. The van der Waals surface area contributed by atoms with Crippen LogP contribution in [0.3, 0.4) is 0 Å². The number of methoxy groups -OCH3 is 2. The molecule has 1 saturated heterocycles. The van der Waals surface area contributed by atoms with Gasteiger partial charge in [0, 0.05) is 63.2 Å². The molecule has 1 fully saturated rings. The lowest BCUT2D eigenvalue weighted by molar-refractivity contribution is 0.171. The molecule has 0 amide bonds. The number of hydrogen-bond donors (Lipinski definition) is 1. The summed E-state index contributed by atoms with van der Waals surface area (Å²) >= 11 is 0. The van der Waals surface area contributed by atoms with Gasteiger partial charge in [0.05, 0.1) is 48.9 Å². The second-order valence-electron chi connectivity index (χ2n) is 11.2. The Morgan fingerprint density at radius 3 is 1.89 bits per heavy atom. The van der Waals surface area contributed by atoms with Crippen molar-refractivity contribution in [2.75, 3.05) is 71.6 Å². The van der Waals surface area contributed by atoms with E-state index in [9.17, 15) is 0 Å². The smallest absolute Gasteiger partial charge is 0.163 e. The van der Waals surface area contributed by atoms with Gasteiger partial charge in [-0.15, -0.1) is 0 Å². The number of rotatable bonds is 10. The van der Waals surface area contributed by atoms with E-state index in [4.69, 9.17) is 24.7 Å². The van der Waals surface area contributed by atoms with Crippen molar-refractivity contribution in [3.63, 3.8) is 0 Å². The molecule has 5 aromatic rings. The molecule has 2 aliphatic heterocycles. The second-order valence-corrected chi connectivity index (χ2v) is 11.2. The van der Waals surface area contributed by atoms with Crippen LogP contribution in [0.2, 0.25) is 0 Å². The van der Waals surface area contributed by atoms with E-state index in [2.05, 4.69) is 47.1 Å². The van der Waals surface area contributed by atoms with E-state index in [1.807, 2.05) is 49.1 Å². The molecule has 0 bridgehead atoms. The topological polar surface area (TPSA) is 105 Å². The number of nitrogens with two attached hydrogens (primary N) is 1. The highest BCUT2D eigenvalue weighted by molar-refractivity contribution is 5.77. The summed E-state index contributed by atoms with van der Waals surface area (Å²) in [7, 11) is 3.37. The largest absolute Gasteiger partial charge is 0.497 e. The Labute approximate surface area is 264 Å². The molecule has 0 saturated carbocycles. The Hall–Kier alpha value is -4.48. The number of aryl methyl sites for hydroxylation is 2. The standard InChI is InChI=1S/C23H28N4O3.C11H15N3O/c1-28-19-4-5-20-21(16-19)27(17-24-20)8-2-7-25-9-11-26(12-10-25)18-3-6-22-23(15-18)30-14-13-29-22;1-15-9-3-4-10-11(7-9)14(8-13-10)6-2-5-12/h3-6,15-17H,2,7-14H2,1H3;3-4,7-8H,2,5-6,12H2,1H3. The van der Waals surface area contributed by atoms with Crippen molar-refractivity contribution >= 4 is 27.8 Å². The van der Waals surface area contributed by atoms with Crippen molar-refractivity contribution in [2.45, 2.75) is 25.9 Å². The van der Waals surface area contributed by atoms with Crippen LogP contribution in [0.5, 0.6) is 23.0 Å². The van der Waals surface area contributed by atoms with Crippen molar-refractivity contribution in [1.82, 2.24) is 24.0 Å². The van der Waals surface area contributed by atoms with Crippen LogP contribution in [0, 0.1) is 0 Å². The first kappa shape index (κ1) is 30.5. The van der Waals surface area contributed by atoms with Crippen molar-refractivity contribution in [3.8, 4) is 23.0 Å². The molecule has 4 heterocycles. The van der Waals surface area contributed by atoms with Crippen molar-refractivity contribution < 1.29 is 18.9 Å². The lowest BCUT2D eigenvalue weighted by atomic mass is 10.2.